The highest BCUT2D eigenvalue weighted by molar-refractivity contribution is 7.15. The van der Waals surface area contributed by atoms with E-state index in [1.54, 1.807) is 6.20 Å². The van der Waals surface area contributed by atoms with Crippen molar-refractivity contribution in [1.82, 2.24) is 9.88 Å². The van der Waals surface area contributed by atoms with Crippen LogP contribution in [-0.2, 0) is 13.1 Å². The van der Waals surface area contributed by atoms with E-state index in [9.17, 15) is 0 Å². The van der Waals surface area contributed by atoms with Crippen LogP contribution in [0.25, 0.3) is 0 Å². The van der Waals surface area contributed by atoms with Crippen molar-refractivity contribution < 1.29 is 5.11 Å². The molecule has 0 amide bonds. The van der Waals surface area contributed by atoms with Crippen LogP contribution in [0.1, 0.15) is 16.0 Å². The van der Waals surface area contributed by atoms with Crippen LogP contribution in [-0.4, -0.2) is 28.1 Å². The van der Waals surface area contributed by atoms with Crippen molar-refractivity contribution >= 4 is 28.9 Å². The zero-order chi connectivity index (χ0) is 13.7. The lowest BCUT2D eigenvalue weighted by Crippen LogP contribution is -2.25. The predicted molar refractivity (Wildman–Crippen MR) is 86.2 cm³/mol. The van der Waals surface area contributed by atoms with Gasteiger partial charge in [-0.05, 0) is 12.5 Å². The summed E-state index contributed by atoms with van der Waals surface area (Å²) in [6.45, 7) is 4.46. The quantitative estimate of drug-likeness (QED) is 0.860. The van der Waals surface area contributed by atoms with Crippen molar-refractivity contribution in [1.29, 1.82) is 0 Å². The fraction of sp³-hybridized carbons (Fsp3) is 0.357. The average Bonchev–Trinajstić information content (AvgIpc) is 2.78. The van der Waals surface area contributed by atoms with E-state index in [0.717, 1.165) is 18.0 Å². The molecule has 6 heteroatoms. The summed E-state index contributed by atoms with van der Waals surface area (Å²) in [5.74, 6) is 0. The van der Waals surface area contributed by atoms with Gasteiger partial charge >= 0.3 is 0 Å². The molecule has 110 valence electrons. The van der Waals surface area contributed by atoms with E-state index in [2.05, 4.69) is 41.1 Å². The minimum Gasteiger partial charge on any atom is -0.395 e. The monoisotopic (exact) mass is 313 g/mol. The van der Waals surface area contributed by atoms with E-state index >= 15 is 0 Å². The van der Waals surface area contributed by atoms with Crippen LogP contribution in [0, 0.1) is 6.92 Å². The van der Waals surface area contributed by atoms with Gasteiger partial charge in [0.05, 0.1) is 6.61 Å². The van der Waals surface area contributed by atoms with Gasteiger partial charge in [-0.1, -0.05) is 29.8 Å². The fourth-order valence-electron chi connectivity index (χ4n) is 1.92. The maximum absolute atomic E-state index is 9.16. The van der Waals surface area contributed by atoms with E-state index in [1.165, 1.54) is 22.5 Å². The highest BCUT2D eigenvalue weighted by Gasteiger charge is 2.08. The molecule has 3 N–H and O–H groups in total. The van der Waals surface area contributed by atoms with Gasteiger partial charge in [0.1, 0.15) is 0 Å². The number of halogens is 1. The third-order valence-electron chi connectivity index (χ3n) is 2.89. The molecule has 1 heterocycles. The molecule has 0 aliphatic heterocycles. The molecule has 0 saturated carbocycles. The summed E-state index contributed by atoms with van der Waals surface area (Å²) < 4.78 is 0. The molecule has 0 aliphatic carbocycles. The number of anilines is 1. The Bertz CT molecular complexity index is 515. The van der Waals surface area contributed by atoms with Crippen molar-refractivity contribution in [3.05, 3.63) is 46.5 Å². The summed E-state index contributed by atoms with van der Waals surface area (Å²) >= 11 is 1.50. The van der Waals surface area contributed by atoms with Gasteiger partial charge in [-0.2, -0.15) is 0 Å². The number of hydrogen-bond donors (Lipinski definition) is 2. The Morgan fingerprint density at radius 1 is 1.25 bits per heavy atom. The van der Waals surface area contributed by atoms with Crippen molar-refractivity contribution in [3.8, 4) is 0 Å². The average molecular weight is 314 g/mol. The molecule has 0 fully saturated rings. The van der Waals surface area contributed by atoms with Crippen molar-refractivity contribution in [2.75, 3.05) is 18.9 Å². The Morgan fingerprint density at radius 2 is 1.95 bits per heavy atom. The van der Waals surface area contributed by atoms with Crippen LogP contribution in [0.2, 0.25) is 0 Å². The predicted octanol–water partition coefficient (Wildman–Crippen LogP) is 2.45. The Kier molecular flexibility index (Phi) is 6.95. The molecule has 2 aromatic rings. The van der Waals surface area contributed by atoms with Gasteiger partial charge in [-0.25, -0.2) is 4.98 Å². The van der Waals surface area contributed by atoms with Gasteiger partial charge in [0.2, 0.25) is 0 Å². The topological polar surface area (TPSA) is 62.4 Å². The molecule has 0 aliphatic rings. The molecule has 0 bridgehead atoms. The Labute approximate surface area is 129 Å². The summed E-state index contributed by atoms with van der Waals surface area (Å²) in [4.78, 5) is 7.37. The van der Waals surface area contributed by atoms with Crippen molar-refractivity contribution in [2.45, 2.75) is 20.0 Å². The van der Waals surface area contributed by atoms with Crippen molar-refractivity contribution in [3.63, 3.8) is 0 Å². The smallest absolute Gasteiger partial charge is 0.180 e. The molecule has 20 heavy (non-hydrogen) atoms. The van der Waals surface area contributed by atoms with E-state index in [4.69, 9.17) is 10.8 Å². The zero-order valence-corrected chi connectivity index (χ0v) is 13.1. The number of nitrogens with zero attached hydrogens (tertiary/aromatic N) is 2. The van der Waals surface area contributed by atoms with Gasteiger partial charge in [0.25, 0.3) is 0 Å². The van der Waals surface area contributed by atoms with Crippen LogP contribution < -0.4 is 5.73 Å². The minimum atomic E-state index is 0. The lowest BCUT2D eigenvalue weighted by atomic mass is 10.1. The number of hydrogen-bond acceptors (Lipinski definition) is 5. The second-order valence-corrected chi connectivity index (χ2v) is 5.73. The summed E-state index contributed by atoms with van der Waals surface area (Å²) in [6.07, 6.45) is 1.81. The molecular weight excluding hydrogens is 294 g/mol. The molecule has 0 radical (unpaired) electrons. The first-order chi connectivity index (χ1) is 9.17. The molecule has 2 rings (SSSR count). The summed E-state index contributed by atoms with van der Waals surface area (Å²) in [5, 5.41) is 9.76. The standard InChI is InChI=1S/C14H19N3OS.ClH/c1-11-2-4-12(5-3-11)9-17(6-7-18)10-13-8-16-14(15)19-13;/h2-5,8,18H,6-7,9-10H2,1H3,(H2,15,16);1H. The van der Waals surface area contributed by atoms with Crippen LogP contribution in [0.15, 0.2) is 30.5 Å². The summed E-state index contributed by atoms with van der Waals surface area (Å²) in [7, 11) is 0. The number of aliphatic hydroxyl groups is 1. The molecule has 1 aromatic carbocycles. The molecule has 0 unspecified atom stereocenters. The maximum Gasteiger partial charge on any atom is 0.180 e. The lowest BCUT2D eigenvalue weighted by Gasteiger charge is -2.20. The Balaban J connectivity index is 0.00000200. The molecule has 1 aromatic heterocycles. The first-order valence-corrected chi connectivity index (χ1v) is 7.08. The molecular formula is C14H20ClN3OS. The second-order valence-electron chi connectivity index (χ2n) is 4.58. The van der Waals surface area contributed by atoms with Gasteiger partial charge in [0.15, 0.2) is 5.13 Å². The SMILES string of the molecule is Cc1ccc(CN(CCO)Cc2cnc(N)s2)cc1.Cl. The van der Waals surface area contributed by atoms with Crippen LogP contribution in [0.4, 0.5) is 5.13 Å². The van der Waals surface area contributed by atoms with E-state index in [-0.39, 0.29) is 19.0 Å². The zero-order valence-electron chi connectivity index (χ0n) is 11.5. The van der Waals surface area contributed by atoms with Gasteiger partial charge in [-0.15, -0.1) is 23.7 Å². The number of aromatic nitrogens is 1. The van der Waals surface area contributed by atoms with Gasteiger partial charge in [-0.3, -0.25) is 4.90 Å². The Hall–Kier alpha value is -1.14. The van der Waals surface area contributed by atoms with Crippen LogP contribution in [0.3, 0.4) is 0 Å². The lowest BCUT2D eigenvalue weighted by molar-refractivity contribution is 0.185. The third kappa shape index (κ3) is 5.09. The van der Waals surface area contributed by atoms with E-state index in [0.29, 0.717) is 11.7 Å². The first kappa shape index (κ1) is 16.9. The largest absolute Gasteiger partial charge is 0.395 e. The van der Waals surface area contributed by atoms with E-state index < -0.39 is 0 Å². The normalized spacial score (nSPS) is 10.6. The number of nitrogen functional groups attached to an aromatic ring is 1. The maximum atomic E-state index is 9.16. The number of aliphatic hydroxyl groups excluding tert-OH is 1. The number of nitrogens with two attached hydrogens (primary N) is 1. The molecule has 0 spiro atoms. The second kappa shape index (κ2) is 8.21. The third-order valence-corrected chi connectivity index (χ3v) is 3.71. The van der Waals surface area contributed by atoms with Gasteiger partial charge < -0.3 is 10.8 Å². The molecule has 0 atom stereocenters. The molecule has 0 saturated heterocycles. The Morgan fingerprint density at radius 3 is 2.50 bits per heavy atom. The molecule has 4 nitrogen and oxygen atoms in total. The number of rotatable bonds is 6. The van der Waals surface area contributed by atoms with Crippen LogP contribution >= 0.6 is 23.7 Å². The number of benzene rings is 1. The van der Waals surface area contributed by atoms with E-state index in [1.807, 2.05) is 0 Å². The highest BCUT2D eigenvalue weighted by Crippen LogP contribution is 2.17. The fourth-order valence-corrected chi connectivity index (χ4v) is 2.65. The first-order valence-electron chi connectivity index (χ1n) is 6.26. The number of thiazole rings is 1. The summed E-state index contributed by atoms with van der Waals surface area (Å²) in [6, 6.07) is 8.47. The number of aryl methyl sites for hydroxylation is 1. The summed E-state index contributed by atoms with van der Waals surface area (Å²) in [5.41, 5.74) is 8.14. The van der Waals surface area contributed by atoms with Crippen molar-refractivity contribution in [2.24, 2.45) is 0 Å². The minimum absolute atomic E-state index is 0. The van der Waals surface area contributed by atoms with Crippen LogP contribution in [0.5, 0.6) is 0 Å². The van der Waals surface area contributed by atoms with Gasteiger partial charge in [0, 0.05) is 30.7 Å². The highest BCUT2D eigenvalue weighted by atomic mass is 35.5.